The zero-order chi connectivity index (χ0) is 16.9. The number of sulfonamides is 1. The molecular formula is C15H21ClN2O4S. The first-order chi connectivity index (χ1) is 10.9. The number of hydrogen-bond acceptors (Lipinski definition) is 4. The van der Waals surface area contributed by atoms with Crippen LogP contribution in [0.5, 0.6) is 5.75 Å². The van der Waals surface area contributed by atoms with Gasteiger partial charge in [0.05, 0.1) is 18.8 Å². The van der Waals surface area contributed by atoms with Gasteiger partial charge in [-0.15, -0.1) is 0 Å². The van der Waals surface area contributed by atoms with Crippen LogP contribution in [0.3, 0.4) is 0 Å². The number of benzene rings is 1. The van der Waals surface area contributed by atoms with Crippen molar-refractivity contribution in [2.24, 2.45) is 0 Å². The second-order valence-corrected chi connectivity index (χ2v) is 7.93. The highest BCUT2D eigenvalue weighted by atomic mass is 35.5. The van der Waals surface area contributed by atoms with E-state index in [1.54, 1.807) is 36.1 Å². The maximum Gasteiger partial charge on any atom is 0.226 e. The smallest absolute Gasteiger partial charge is 0.226 e. The van der Waals surface area contributed by atoms with Gasteiger partial charge in [0.25, 0.3) is 0 Å². The summed E-state index contributed by atoms with van der Waals surface area (Å²) in [5.41, 5.74) is 0. The van der Waals surface area contributed by atoms with Crippen molar-refractivity contribution >= 4 is 27.5 Å². The summed E-state index contributed by atoms with van der Waals surface area (Å²) in [6.45, 7) is 3.49. The minimum absolute atomic E-state index is 0.0208. The standard InChI is InChI=1S/C15H21ClN2O4S/c1-2-23(20,21)18-10-8-17(9-11-18)15(19)7-12-22-14-5-3-13(16)4-6-14/h3-6H,2,7-12H2,1H3. The van der Waals surface area contributed by atoms with Crippen LogP contribution in [-0.2, 0) is 14.8 Å². The third kappa shape index (κ3) is 5.09. The second-order valence-electron chi connectivity index (χ2n) is 5.23. The molecule has 0 aliphatic carbocycles. The molecule has 0 aromatic heterocycles. The number of hydrogen-bond donors (Lipinski definition) is 0. The molecule has 0 atom stereocenters. The van der Waals surface area contributed by atoms with Crippen molar-refractivity contribution in [1.29, 1.82) is 0 Å². The normalized spacial score (nSPS) is 16.3. The van der Waals surface area contributed by atoms with Gasteiger partial charge in [0.2, 0.25) is 15.9 Å². The van der Waals surface area contributed by atoms with Crippen molar-refractivity contribution in [3.63, 3.8) is 0 Å². The summed E-state index contributed by atoms with van der Waals surface area (Å²) in [4.78, 5) is 13.8. The molecule has 1 aromatic carbocycles. The summed E-state index contributed by atoms with van der Waals surface area (Å²) in [5, 5.41) is 0.633. The topological polar surface area (TPSA) is 66.9 Å². The molecule has 1 heterocycles. The molecule has 0 bridgehead atoms. The average Bonchev–Trinajstić information content (AvgIpc) is 2.56. The van der Waals surface area contributed by atoms with Gasteiger partial charge in [-0.3, -0.25) is 4.79 Å². The molecule has 0 saturated carbocycles. The summed E-state index contributed by atoms with van der Waals surface area (Å²) in [6.07, 6.45) is 0.267. The molecule has 0 spiro atoms. The number of piperazine rings is 1. The number of carbonyl (C=O) groups excluding carboxylic acids is 1. The van der Waals surface area contributed by atoms with E-state index >= 15 is 0 Å². The molecule has 1 saturated heterocycles. The minimum atomic E-state index is -3.17. The Balaban J connectivity index is 1.74. The van der Waals surface area contributed by atoms with Gasteiger partial charge in [-0.05, 0) is 31.2 Å². The van der Waals surface area contributed by atoms with Crippen molar-refractivity contribution in [3.8, 4) is 5.75 Å². The summed E-state index contributed by atoms with van der Waals surface area (Å²) >= 11 is 5.79. The summed E-state index contributed by atoms with van der Waals surface area (Å²) < 4.78 is 30.5. The fourth-order valence-electron chi connectivity index (χ4n) is 2.34. The molecule has 23 heavy (non-hydrogen) atoms. The number of nitrogens with zero attached hydrogens (tertiary/aromatic N) is 2. The highest BCUT2D eigenvalue weighted by Crippen LogP contribution is 2.16. The van der Waals surface area contributed by atoms with E-state index in [4.69, 9.17) is 16.3 Å². The Kier molecular flexibility index (Phi) is 6.26. The van der Waals surface area contributed by atoms with Gasteiger partial charge in [0.15, 0.2) is 0 Å². The molecule has 8 heteroatoms. The predicted molar refractivity (Wildman–Crippen MR) is 89.2 cm³/mol. The van der Waals surface area contributed by atoms with Crippen LogP contribution in [0.4, 0.5) is 0 Å². The van der Waals surface area contributed by atoms with Crippen molar-refractivity contribution in [1.82, 2.24) is 9.21 Å². The van der Waals surface area contributed by atoms with Crippen LogP contribution in [0.25, 0.3) is 0 Å². The van der Waals surface area contributed by atoms with Crippen molar-refractivity contribution in [2.75, 3.05) is 38.5 Å². The average molecular weight is 361 g/mol. The molecule has 0 N–H and O–H groups in total. The number of halogens is 1. The van der Waals surface area contributed by atoms with Crippen LogP contribution in [0, 0.1) is 0 Å². The fraction of sp³-hybridized carbons (Fsp3) is 0.533. The summed E-state index contributed by atoms with van der Waals surface area (Å²) in [7, 11) is -3.17. The number of amides is 1. The molecule has 1 amide bonds. The Bertz CT molecular complexity index is 625. The Morgan fingerprint density at radius 1 is 1.17 bits per heavy atom. The molecule has 6 nitrogen and oxygen atoms in total. The molecule has 0 radical (unpaired) electrons. The second kappa shape index (κ2) is 7.99. The fourth-order valence-corrected chi connectivity index (χ4v) is 3.55. The SMILES string of the molecule is CCS(=O)(=O)N1CCN(C(=O)CCOc2ccc(Cl)cc2)CC1. The Labute approximate surface area is 142 Å². The maximum atomic E-state index is 12.1. The van der Waals surface area contributed by atoms with E-state index in [0.717, 1.165) is 0 Å². The molecule has 128 valence electrons. The van der Waals surface area contributed by atoms with Crippen molar-refractivity contribution in [3.05, 3.63) is 29.3 Å². The van der Waals surface area contributed by atoms with E-state index in [-0.39, 0.29) is 24.7 Å². The van der Waals surface area contributed by atoms with E-state index in [1.807, 2.05) is 0 Å². The lowest BCUT2D eigenvalue weighted by Gasteiger charge is -2.33. The van der Waals surface area contributed by atoms with E-state index in [2.05, 4.69) is 0 Å². The van der Waals surface area contributed by atoms with Crippen LogP contribution in [0.1, 0.15) is 13.3 Å². The summed E-state index contributed by atoms with van der Waals surface area (Å²) in [5.74, 6) is 0.740. The monoisotopic (exact) mass is 360 g/mol. The Morgan fingerprint density at radius 3 is 2.35 bits per heavy atom. The van der Waals surface area contributed by atoms with Gasteiger partial charge in [0, 0.05) is 31.2 Å². The van der Waals surface area contributed by atoms with Crippen LogP contribution in [0.2, 0.25) is 5.02 Å². The van der Waals surface area contributed by atoms with Gasteiger partial charge in [-0.1, -0.05) is 11.6 Å². The highest BCUT2D eigenvalue weighted by Gasteiger charge is 2.27. The minimum Gasteiger partial charge on any atom is -0.493 e. The first-order valence-corrected chi connectivity index (χ1v) is 9.55. The van der Waals surface area contributed by atoms with Crippen LogP contribution in [0.15, 0.2) is 24.3 Å². The largest absolute Gasteiger partial charge is 0.493 e. The number of rotatable bonds is 6. The van der Waals surface area contributed by atoms with Gasteiger partial charge in [-0.25, -0.2) is 8.42 Å². The van der Waals surface area contributed by atoms with Gasteiger partial charge < -0.3 is 9.64 Å². The van der Waals surface area contributed by atoms with Crippen LogP contribution in [-0.4, -0.2) is 62.1 Å². The molecule has 0 unspecified atom stereocenters. The molecular weight excluding hydrogens is 340 g/mol. The molecule has 1 aliphatic rings. The highest BCUT2D eigenvalue weighted by molar-refractivity contribution is 7.89. The first kappa shape index (κ1) is 18.0. The van der Waals surface area contributed by atoms with Crippen LogP contribution >= 0.6 is 11.6 Å². The lowest BCUT2D eigenvalue weighted by atomic mass is 10.3. The molecule has 2 rings (SSSR count). The van der Waals surface area contributed by atoms with Crippen molar-refractivity contribution < 1.29 is 17.9 Å². The number of carbonyl (C=O) groups is 1. The van der Waals surface area contributed by atoms with Gasteiger partial charge >= 0.3 is 0 Å². The van der Waals surface area contributed by atoms with Gasteiger partial charge in [0.1, 0.15) is 5.75 Å². The third-order valence-electron chi connectivity index (χ3n) is 3.75. The zero-order valence-corrected chi connectivity index (χ0v) is 14.6. The van der Waals surface area contributed by atoms with Crippen molar-refractivity contribution in [2.45, 2.75) is 13.3 Å². The quantitative estimate of drug-likeness (QED) is 0.772. The Hall–Kier alpha value is -1.31. The predicted octanol–water partition coefficient (Wildman–Crippen LogP) is 1.60. The number of ether oxygens (including phenoxy) is 1. The molecule has 1 aliphatic heterocycles. The van der Waals surface area contributed by atoms with E-state index < -0.39 is 10.0 Å². The Morgan fingerprint density at radius 2 is 1.78 bits per heavy atom. The lowest BCUT2D eigenvalue weighted by Crippen LogP contribution is -2.51. The third-order valence-corrected chi connectivity index (χ3v) is 5.88. The van der Waals surface area contributed by atoms with E-state index in [1.165, 1.54) is 4.31 Å². The van der Waals surface area contributed by atoms with E-state index in [9.17, 15) is 13.2 Å². The summed E-state index contributed by atoms with van der Waals surface area (Å²) in [6, 6.07) is 6.96. The lowest BCUT2D eigenvalue weighted by molar-refractivity contribution is -0.132. The van der Waals surface area contributed by atoms with Gasteiger partial charge in [-0.2, -0.15) is 4.31 Å². The first-order valence-electron chi connectivity index (χ1n) is 7.56. The molecule has 1 aromatic rings. The van der Waals surface area contributed by atoms with E-state index in [0.29, 0.717) is 37.0 Å². The van der Waals surface area contributed by atoms with Crippen LogP contribution < -0.4 is 4.74 Å². The molecule has 1 fully saturated rings. The zero-order valence-electron chi connectivity index (χ0n) is 13.1. The maximum absolute atomic E-state index is 12.1.